The number of anilines is 1. The molecular weight excluding hydrogens is 375 g/mol. The van der Waals surface area contributed by atoms with E-state index in [4.69, 9.17) is 0 Å². The van der Waals surface area contributed by atoms with Crippen molar-refractivity contribution >= 4 is 22.6 Å². The first-order chi connectivity index (χ1) is 13.1. The van der Waals surface area contributed by atoms with Crippen molar-refractivity contribution in [2.45, 2.75) is 33.6 Å². The van der Waals surface area contributed by atoms with Crippen LogP contribution >= 0.6 is 0 Å². The predicted octanol–water partition coefficient (Wildman–Crippen LogP) is 4.60. The number of halogens is 3. The third-order valence-electron chi connectivity index (χ3n) is 4.43. The van der Waals surface area contributed by atoms with Crippen molar-refractivity contribution in [3.05, 3.63) is 46.8 Å². The van der Waals surface area contributed by atoms with E-state index in [1.807, 2.05) is 6.92 Å². The fourth-order valence-electron chi connectivity index (χ4n) is 2.82. The molecule has 0 radical (unpaired) electrons. The van der Waals surface area contributed by atoms with Crippen molar-refractivity contribution in [1.82, 2.24) is 9.97 Å². The highest BCUT2D eigenvalue weighted by atomic mass is 19.4. The molecule has 0 atom stereocenters. The van der Waals surface area contributed by atoms with Crippen LogP contribution in [-0.4, -0.2) is 27.3 Å². The molecule has 0 saturated heterocycles. The number of aryl methyl sites for hydroxylation is 1. The molecule has 0 aliphatic rings. The molecule has 1 amide bonds. The molecule has 0 saturated carbocycles. The van der Waals surface area contributed by atoms with Crippen LogP contribution in [0.4, 0.5) is 19.0 Å². The van der Waals surface area contributed by atoms with Gasteiger partial charge in [0, 0.05) is 10.9 Å². The summed E-state index contributed by atoms with van der Waals surface area (Å²) in [5.41, 5.74) is 2.35. The van der Waals surface area contributed by atoms with Crippen LogP contribution in [0, 0.1) is 13.8 Å². The van der Waals surface area contributed by atoms with Crippen LogP contribution in [0.2, 0.25) is 0 Å². The summed E-state index contributed by atoms with van der Waals surface area (Å²) < 4.78 is 41.0. The molecule has 2 aromatic heterocycles. The zero-order chi connectivity index (χ0) is 20.6. The highest BCUT2D eigenvalue weighted by Crippen LogP contribution is 2.30. The number of carbonyl (C=O) groups is 1. The number of ether oxygens (including phenoxy) is 1. The number of aromatic nitrogens is 2. The number of carbonyl (C=O) groups excluding carboxylic acids is 1. The summed E-state index contributed by atoms with van der Waals surface area (Å²) in [5, 5.41) is 13.2. The number of amides is 1. The second kappa shape index (κ2) is 7.06. The van der Waals surface area contributed by atoms with Crippen LogP contribution in [0.3, 0.4) is 0 Å². The molecule has 0 spiro atoms. The number of hydrogen-bond donors (Lipinski definition) is 3. The van der Waals surface area contributed by atoms with E-state index in [0.717, 1.165) is 6.07 Å². The van der Waals surface area contributed by atoms with Gasteiger partial charge < -0.3 is 20.1 Å². The van der Waals surface area contributed by atoms with Gasteiger partial charge in [0.05, 0.1) is 5.69 Å². The molecule has 148 valence electrons. The Morgan fingerprint density at radius 3 is 2.61 bits per heavy atom. The molecular formula is C19H18F3N3O3. The van der Waals surface area contributed by atoms with E-state index in [2.05, 4.69) is 20.0 Å². The average molecular weight is 393 g/mol. The van der Waals surface area contributed by atoms with Crippen LogP contribution in [-0.2, 0) is 6.42 Å². The van der Waals surface area contributed by atoms with Gasteiger partial charge in [0.25, 0.3) is 5.91 Å². The van der Waals surface area contributed by atoms with Crippen LogP contribution < -0.4 is 10.1 Å². The minimum absolute atomic E-state index is 0.0980. The van der Waals surface area contributed by atoms with Gasteiger partial charge in [-0.3, -0.25) is 4.79 Å². The lowest BCUT2D eigenvalue weighted by Crippen LogP contribution is -2.16. The summed E-state index contributed by atoms with van der Waals surface area (Å²) in [4.78, 5) is 19.7. The topological polar surface area (TPSA) is 87.2 Å². The third-order valence-corrected chi connectivity index (χ3v) is 4.43. The van der Waals surface area contributed by atoms with Crippen molar-refractivity contribution in [3.8, 4) is 11.5 Å². The van der Waals surface area contributed by atoms with E-state index in [1.165, 1.54) is 18.2 Å². The lowest BCUT2D eigenvalue weighted by atomic mass is 10.1. The van der Waals surface area contributed by atoms with E-state index in [0.29, 0.717) is 40.0 Å². The highest BCUT2D eigenvalue weighted by molar-refractivity contribution is 6.06. The number of pyridine rings is 1. The molecule has 3 aromatic rings. The van der Waals surface area contributed by atoms with E-state index in [-0.39, 0.29) is 17.2 Å². The number of aromatic amines is 1. The van der Waals surface area contributed by atoms with Gasteiger partial charge in [-0.15, -0.1) is 13.2 Å². The molecule has 6 nitrogen and oxygen atoms in total. The SMILES string of the molecule is CCc1nc(NC(=O)c2cc3cc(OC(F)(F)F)ccc3[nH]2)c(C)c(C)c1O. The van der Waals surface area contributed by atoms with Crippen LogP contribution in [0.25, 0.3) is 10.9 Å². The van der Waals surface area contributed by atoms with Crippen molar-refractivity contribution in [1.29, 1.82) is 0 Å². The zero-order valence-electron chi connectivity index (χ0n) is 15.4. The molecule has 0 bridgehead atoms. The van der Waals surface area contributed by atoms with Crippen LogP contribution in [0.1, 0.15) is 34.2 Å². The standard InChI is InChI=1S/C19H18F3N3O3/c1-4-13-16(26)9(2)10(3)17(24-13)25-18(27)15-8-11-7-12(28-19(20,21)22)5-6-14(11)23-15/h5-8,23,26H,4H2,1-3H3,(H,24,25,27). The number of nitrogens with zero attached hydrogens (tertiary/aromatic N) is 1. The van der Waals surface area contributed by atoms with E-state index in [1.54, 1.807) is 13.8 Å². The first-order valence-corrected chi connectivity index (χ1v) is 8.48. The fraction of sp³-hybridized carbons (Fsp3) is 0.263. The molecule has 0 aliphatic heterocycles. The van der Waals surface area contributed by atoms with Crippen molar-refractivity contribution in [2.24, 2.45) is 0 Å². The maximum atomic E-state index is 12.6. The monoisotopic (exact) mass is 393 g/mol. The average Bonchev–Trinajstić information content (AvgIpc) is 3.04. The Morgan fingerprint density at radius 2 is 1.96 bits per heavy atom. The molecule has 2 heterocycles. The first-order valence-electron chi connectivity index (χ1n) is 8.48. The second-order valence-electron chi connectivity index (χ2n) is 6.29. The molecule has 0 fully saturated rings. The predicted molar refractivity (Wildman–Crippen MR) is 97.7 cm³/mol. The van der Waals surface area contributed by atoms with Crippen LogP contribution in [0.15, 0.2) is 24.3 Å². The smallest absolute Gasteiger partial charge is 0.506 e. The van der Waals surface area contributed by atoms with E-state index < -0.39 is 12.3 Å². The fourth-order valence-corrected chi connectivity index (χ4v) is 2.82. The van der Waals surface area contributed by atoms with Crippen molar-refractivity contribution in [2.75, 3.05) is 5.32 Å². The largest absolute Gasteiger partial charge is 0.573 e. The summed E-state index contributed by atoms with van der Waals surface area (Å²) >= 11 is 0. The summed E-state index contributed by atoms with van der Waals surface area (Å²) in [6.07, 6.45) is -4.30. The maximum Gasteiger partial charge on any atom is 0.573 e. The van der Waals surface area contributed by atoms with Gasteiger partial charge in [0.1, 0.15) is 23.0 Å². The Hall–Kier alpha value is -3.23. The zero-order valence-corrected chi connectivity index (χ0v) is 15.4. The number of H-pyrrole nitrogens is 1. The molecule has 3 rings (SSSR count). The molecule has 3 N–H and O–H groups in total. The van der Waals surface area contributed by atoms with Crippen molar-refractivity contribution < 1.29 is 27.8 Å². The lowest BCUT2D eigenvalue weighted by Gasteiger charge is -2.13. The van der Waals surface area contributed by atoms with Crippen molar-refractivity contribution in [3.63, 3.8) is 0 Å². The third kappa shape index (κ3) is 3.88. The Kier molecular flexibility index (Phi) is 4.93. The van der Waals surface area contributed by atoms with Gasteiger partial charge in [-0.25, -0.2) is 4.98 Å². The number of fused-ring (bicyclic) bond motifs is 1. The first kappa shape index (κ1) is 19.5. The Balaban J connectivity index is 1.89. The number of benzene rings is 1. The lowest BCUT2D eigenvalue weighted by molar-refractivity contribution is -0.274. The van der Waals surface area contributed by atoms with E-state index >= 15 is 0 Å². The Bertz CT molecular complexity index is 1060. The molecule has 9 heteroatoms. The summed E-state index contributed by atoms with van der Waals surface area (Å²) in [6.45, 7) is 5.29. The number of alkyl halides is 3. The van der Waals surface area contributed by atoms with Gasteiger partial charge in [-0.1, -0.05) is 6.92 Å². The van der Waals surface area contributed by atoms with Gasteiger partial charge in [0.2, 0.25) is 0 Å². The number of hydrogen-bond acceptors (Lipinski definition) is 4. The summed E-state index contributed by atoms with van der Waals surface area (Å²) in [5.74, 6) is -0.458. The highest BCUT2D eigenvalue weighted by Gasteiger charge is 2.31. The minimum atomic E-state index is -4.79. The summed E-state index contributed by atoms with van der Waals surface area (Å²) in [6, 6.07) is 5.18. The minimum Gasteiger partial charge on any atom is -0.506 e. The number of aromatic hydroxyl groups is 1. The van der Waals surface area contributed by atoms with Gasteiger partial charge in [0.15, 0.2) is 0 Å². The number of rotatable bonds is 4. The van der Waals surface area contributed by atoms with Crippen LogP contribution in [0.5, 0.6) is 11.5 Å². The normalized spacial score (nSPS) is 11.6. The molecule has 28 heavy (non-hydrogen) atoms. The van der Waals surface area contributed by atoms with Gasteiger partial charge in [-0.05, 0) is 55.7 Å². The molecule has 0 unspecified atom stereocenters. The molecule has 1 aromatic carbocycles. The van der Waals surface area contributed by atoms with Gasteiger partial charge in [-0.2, -0.15) is 0 Å². The molecule has 0 aliphatic carbocycles. The maximum absolute atomic E-state index is 12.6. The van der Waals surface area contributed by atoms with Gasteiger partial charge >= 0.3 is 6.36 Å². The Morgan fingerprint density at radius 1 is 1.25 bits per heavy atom. The van der Waals surface area contributed by atoms with E-state index in [9.17, 15) is 23.1 Å². The number of nitrogens with one attached hydrogen (secondary N) is 2. The Labute approximate surface area is 158 Å². The second-order valence-corrected chi connectivity index (χ2v) is 6.29. The summed E-state index contributed by atoms with van der Waals surface area (Å²) in [7, 11) is 0. The quantitative estimate of drug-likeness (QED) is 0.605.